The van der Waals surface area contributed by atoms with Crippen molar-refractivity contribution in [1.82, 2.24) is 10.2 Å². The van der Waals surface area contributed by atoms with Gasteiger partial charge in [-0.1, -0.05) is 36.4 Å². The first-order valence-electron chi connectivity index (χ1n) is 7.91. The van der Waals surface area contributed by atoms with Crippen LogP contribution in [0.5, 0.6) is 0 Å². The Kier molecular flexibility index (Phi) is 5.38. The van der Waals surface area contributed by atoms with E-state index in [1.807, 2.05) is 30.3 Å². The van der Waals surface area contributed by atoms with Gasteiger partial charge < -0.3 is 5.32 Å². The number of thiophene rings is 1. The second kappa shape index (κ2) is 7.68. The molecule has 3 rings (SSSR count). The van der Waals surface area contributed by atoms with Crippen molar-refractivity contribution in [3.8, 4) is 0 Å². The molecule has 1 aromatic heterocycles. The zero-order valence-corrected chi connectivity index (χ0v) is 13.5. The van der Waals surface area contributed by atoms with Gasteiger partial charge in [-0.3, -0.25) is 9.69 Å². The number of rotatable bonds is 7. The highest BCUT2D eigenvalue weighted by atomic mass is 32.1. The number of hydrogen-bond donors (Lipinski definition) is 1. The number of hydrogen-bond acceptors (Lipinski definition) is 4. The summed E-state index contributed by atoms with van der Waals surface area (Å²) >= 11 is 1.81. The van der Waals surface area contributed by atoms with Gasteiger partial charge in [-0.05, 0) is 37.4 Å². The van der Waals surface area contributed by atoms with E-state index < -0.39 is 0 Å². The normalized spacial score (nSPS) is 16.7. The van der Waals surface area contributed by atoms with Gasteiger partial charge in [0.15, 0.2) is 5.78 Å². The lowest BCUT2D eigenvalue weighted by molar-refractivity contribution is 0.0987. The topological polar surface area (TPSA) is 32.3 Å². The number of carbonyl (C=O) groups excluding carboxylic acids is 1. The number of Topliss-reactive ketones (excluding diaryl/α,β-unsaturated/α-hetero) is 1. The predicted octanol–water partition coefficient (Wildman–Crippen LogP) is 3.36. The molecule has 1 fully saturated rings. The van der Waals surface area contributed by atoms with Gasteiger partial charge in [0.05, 0.1) is 12.6 Å². The molecule has 1 N–H and O–H groups in total. The highest BCUT2D eigenvalue weighted by Crippen LogP contribution is 2.27. The van der Waals surface area contributed by atoms with Crippen molar-refractivity contribution in [3.05, 3.63) is 58.3 Å². The zero-order valence-electron chi connectivity index (χ0n) is 12.7. The van der Waals surface area contributed by atoms with Gasteiger partial charge in [-0.2, -0.15) is 0 Å². The SMILES string of the molecule is O=C(CNCC(c1cccs1)N1CCCC1)c1ccccc1. The summed E-state index contributed by atoms with van der Waals surface area (Å²) in [6.07, 6.45) is 2.57. The molecule has 1 unspecified atom stereocenters. The second-order valence-electron chi connectivity index (χ2n) is 5.69. The molecule has 0 aliphatic carbocycles. The van der Waals surface area contributed by atoms with Crippen LogP contribution in [-0.2, 0) is 0 Å². The van der Waals surface area contributed by atoms with E-state index in [1.54, 1.807) is 11.3 Å². The van der Waals surface area contributed by atoms with E-state index in [2.05, 4.69) is 27.7 Å². The van der Waals surface area contributed by atoms with Gasteiger partial charge in [-0.15, -0.1) is 11.3 Å². The molecule has 1 saturated heterocycles. The molecule has 2 heterocycles. The first-order valence-corrected chi connectivity index (χ1v) is 8.79. The largest absolute Gasteiger partial charge is 0.308 e. The number of nitrogens with zero attached hydrogens (tertiary/aromatic N) is 1. The Morgan fingerprint density at radius 1 is 1.14 bits per heavy atom. The summed E-state index contributed by atoms with van der Waals surface area (Å²) in [5.41, 5.74) is 0.781. The second-order valence-corrected chi connectivity index (χ2v) is 6.67. The smallest absolute Gasteiger partial charge is 0.176 e. The van der Waals surface area contributed by atoms with E-state index in [4.69, 9.17) is 0 Å². The number of nitrogens with one attached hydrogen (secondary N) is 1. The zero-order chi connectivity index (χ0) is 15.2. The third-order valence-corrected chi connectivity index (χ3v) is 5.15. The summed E-state index contributed by atoms with van der Waals surface area (Å²) in [4.78, 5) is 16.1. The number of carbonyl (C=O) groups is 1. The quantitative estimate of drug-likeness (QED) is 0.795. The fraction of sp³-hybridized carbons (Fsp3) is 0.389. The predicted molar refractivity (Wildman–Crippen MR) is 91.5 cm³/mol. The molecule has 3 nitrogen and oxygen atoms in total. The van der Waals surface area contributed by atoms with Gasteiger partial charge in [0.2, 0.25) is 0 Å². The third-order valence-electron chi connectivity index (χ3n) is 4.17. The Balaban J connectivity index is 1.56. The van der Waals surface area contributed by atoms with Gasteiger partial charge >= 0.3 is 0 Å². The minimum atomic E-state index is 0.159. The van der Waals surface area contributed by atoms with E-state index in [9.17, 15) is 4.79 Å². The van der Waals surface area contributed by atoms with Crippen LogP contribution in [0.2, 0.25) is 0 Å². The summed E-state index contributed by atoms with van der Waals surface area (Å²) in [6, 6.07) is 14.2. The fourth-order valence-electron chi connectivity index (χ4n) is 2.99. The van der Waals surface area contributed by atoms with Crippen LogP contribution in [0, 0.1) is 0 Å². The standard InChI is InChI=1S/C18H22N2OS/c21-17(15-7-2-1-3-8-15)14-19-13-16(18-9-6-12-22-18)20-10-4-5-11-20/h1-3,6-9,12,16,19H,4-5,10-11,13-14H2. The van der Waals surface area contributed by atoms with Crippen molar-refractivity contribution in [3.63, 3.8) is 0 Å². The van der Waals surface area contributed by atoms with Crippen LogP contribution in [0.15, 0.2) is 47.8 Å². The molecule has 22 heavy (non-hydrogen) atoms. The average Bonchev–Trinajstić information content (AvgIpc) is 3.26. The van der Waals surface area contributed by atoms with Crippen molar-refractivity contribution in [2.45, 2.75) is 18.9 Å². The molecule has 2 aromatic rings. The van der Waals surface area contributed by atoms with Crippen molar-refractivity contribution < 1.29 is 4.79 Å². The minimum Gasteiger partial charge on any atom is -0.308 e. The number of benzene rings is 1. The molecule has 1 atom stereocenters. The summed E-state index contributed by atoms with van der Waals surface area (Å²) in [6.45, 7) is 3.56. The number of likely N-dealkylation sites (tertiary alicyclic amines) is 1. The Bertz CT molecular complexity index is 576. The first kappa shape index (κ1) is 15.4. The Morgan fingerprint density at radius 3 is 2.59 bits per heavy atom. The molecular formula is C18H22N2OS. The highest BCUT2D eigenvalue weighted by Gasteiger charge is 2.24. The van der Waals surface area contributed by atoms with Gasteiger partial charge in [0, 0.05) is 17.0 Å². The van der Waals surface area contributed by atoms with Crippen molar-refractivity contribution in [2.24, 2.45) is 0 Å². The van der Waals surface area contributed by atoms with Gasteiger partial charge in [0.1, 0.15) is 0 Å². The first-order chi connectivity index (χ1) is 10.8. The molecule has 4 heteroatoms. The van der Waals surface area contributed by atoms with Crippen molar-refractivity contribution >= 4 is 17.1 Å². The van der Waals surface area contributed by atoms with E-state index in [1.165, 1.54) is 17.7 Å². The maximum Gasteiger partial charge on any atom is 0.176 e. The minimum absolute atomic E-state index is 0.159. The molecule has 1 aliphatic rings. The highest BCUT2D eigenvalue weighted by molar-refractivity contribution is 7.10. The summed E-state index contributed by atoms with van der Waals surface area (Å²) < 4.78 is 0. The lowest BCUT2D eigenvalue weighted by atomic mass is 10.1. The molecule has 116 valence electrons. The van der Waals surface area contributed by atoms with Crippen LogP contribution >= 0.6 is 11.3 Å². The van der Waals surface area contributed by atoms with Gasteiger partial charge in [-0.25, -0.2) is 0 Å². The van der Waals surface area contributed by atoms with Crippen molar-refractivity contribution in [2.75, 3.05) is 26.2 Å². The lowest BCUT2D eigenvalue weighted by Gasteiger charge is -2.26. The Morgan fingerprint density at radius 2 is 1.91 bits per heavy atom. The van der Waals surface area contributed by atoms with Crippen LogP contribution in [0.25, 0.3) is 0 Å². The van der Waals surface area contributed by atoms with Crippen LogP contribution in [0.3, 0.4) is 0 Å². The summed E-state index contributed by atoms with van der Waals surface area (Å²) in [5.74, 6) is 0.159. The Hall–Kier alpha value is -1.49. The summed E-state index contributed by atoms with van der Waals surface area (Å²) in [7, 11) is 0. The molecule has 0 spiro atoms. The van der Waals surface area contributed by atoms with E-state index >= 15 is 0 Å². The fourth-order valence-corrected chi connectivity index (χ4v) is 3.85. The van der Waals surface area contributed by atoms with E-state index in [-0.39, 0.29) is 5.78 Å². The molecular weight excluding hydrogens is 292 g/mol. The van der Waals surface area contributed by atoms with E-state index in [0.29, 0.717) is 12.6 Å². The molecule has 0 radical (unpaired) electrons. The average molecular weight is 314 g/mol. The van der Waals surface area contributed by atoms with Crippen LogP contribution in [0.4, 0.5) is 0 Å². The molecule has 0 bridgehead atoms. The molecule has 0 amide bonds. The molecule has 1 aromatic carbocycles. The molecule has 1 aliphatic heterocycles. The maximum atomic E-state index is 12.2. The summed E-state index contributed by atoms with van der Waals surface area (Å²) in [5, 5.41) is 5.50. The van der Waals surface area contributed by atoms with Crippen LogP contribution < -0.4 is 5.32 Å². The molecule has 0 saturated carbocycles. The Labute approximate surface area is 136 Å². The van der Waals surface area contributed by atoms with Crippen LogP contribution in [0.1, 0.15) is 34.1 Å². The monoisotopic (exact) mass is 314 g/mol. The van der Waals surface area contributed by atoms with E-state index in [0.717, 1.165) is 25.2 Å². The lowest BCUT2D eigenvalue weighted by Crippen LogP contribution is -2.35. The third kappa shape index (κ3) is 3.83. The van der Waals surface area contributed by atoms with Gasteiger partial charge in [0.25, 0.3) is 0 Å². The number of ketones is 1. The maximum absolute atomic E-state index is 12.2. The van der Waals surface area contributed by atoms with Crippen LogP contribution in [-0.4, -0.2) is 36.9 Å². The van der Waals surface area contributed by atoms with Crippen molar-refractivity contribution in [1.29, 1.82) is 0 Å².